The number of hydrogen-bond donors (Lipinski definition) is 0. The maximum atomic E-state index is 9.03. The Morgan fingerprint density at radius 2 is 2.00 bits per heavy atom. The Bertz CT molecular complexity index is 415. The molecule has 0 heterocycles. The highest BCUT2D eigenvalue weighted by Crippen LogP contribution is 2.45. The zero-order valence-electron chi connectivity index (χ0n) is 10.1. The van der Waals surface area contributed by atoms with Gasteiger partial charge in [-0.05, 0) is 44.0 Å². The average molecular weight is 249 g/mol. The third-order valence-electron chi connectivity index (χ3n) is 3.36. The molecule has 3 heteroatoms. The van der Waals surface area contributed by atoms with Crippen LogP contribution in [-0.4, -0.2) is 25.0 Å². The Morgan fingerprint density at radius 3 is 2.53 bits per heavy atom. The standard InChI is InChI=1S/C14H17ClN2/c1-17(11-14(10-16)7-8-14)9-6-12-2-4-13(15)5-3-12/h2-5H,6-9,11H2,1H3. The Morgan fingerprint density at radius 1 is 1.35 bits per heavy atom. The van der Waals surface area contributed by atoms with Gasteiger partial charge in [0, 0.05) is 18.1 Å². The molecule has 1 aliphatic carbocycles. The van der Waals surface area contributed by atoms with Crippen LogP contribution in [0.3, 0.4) is 0 Å². The summed E-state index contributed by atoms with van der Waals surface area (Å²) in [6.07, 6.45) is 3.14. The lowest BCUT2D eigenvalue weighted by Crippen LogP contribution is -2.28. The van der Waals surface area contributed by atoms with E-state index in [0.29, 0.717) is 0 Å². The van der Waals surface area contributed by atoms with Gasteiger partial charge in [-0.3, -0.25) is 0 Å². The largest absolute Gasteiger partial charge is 0.304 e. The van der Waals surface area contributed by atoms with Crippen molar-refractivity contribution in [2.45, 2.75) is 19.3 Å². The molecule has 0 radical (unpaired) electrons. The molecule has 0 spiro atoms. The minimum atomic E-state index is -0.0330. The van der Waals surface area contributed by atoms with E-state index in [1.807, 2.05) is 12.1 Å². The van der Waals surface area contributed by atoms with Crippen LogP contribution in [0.1, 0.15) is 18.4 Å². The van der Waals surface area contributed by atoms with Crippen LogP contribution >= 0.6 is 11.6 Å². The van der Waals surface area contributed by atoms with E-state index in [0.717, 1.165) is 37.4 Å². The first-order chi connectivity index (χ1) is 8.13. The van der Waals surface area contributed by atoms with Crippen LogP contribution in [0.5, 0.6) is 0 Å². The fourth-order valence-corrected chi connectivity index (χ4v) is 2.15. The molecule has 0 N–H and O–H groups in total. The summed E-state index contributed by atoms with van der Waals surface area (Å²) < 4.78 is 0. The number of nitriles is 1. The second-order valence-electron chi connectivity index (χ2n) is 5.01. The zero-order chi connectivity index (χ0) is 12.3. The summed E-state index contributed by atoms with van der Waals surface area (Å²) in [6.45, 7) is 1.89. The average Bonchev–Trinajstić information content (AvgIpc) is 3.09. The van der Waals surface area contributed by atoms with Gasteiger partial charge in [0.15, 0.2) is 0 Å². The number of likely N-dealkylation sites (N-methyl/N-ethyl adjacent to an activating group) is 1. The lowest BCUT2D eigenvalue weighted by Gasteiger charge is -2.19. The molecule has 2 nitrogen and oxygen atoms in total. The molecule has 1 fully saturated rings. The van der Waals surface area contributed by atoms with E-state index in [4.69, 9.17) is 16.9 Å². The lowest BCUT2D eigenvalue weighted by atomic mass is 10.1. The molecular formula is C14H17ClN2. The van der Waals surface area contributed by atoms with Gasteiger partial charge < -0.3 is 4.90 Å². The van der Waals surface area contributed by atoms with Crippen LogP contribution in [0.2, 0.25) is 5.02 Å². The van der Waals surface area contributed by atoms with Gasteiger partial charge in [0.2, 0.25) is 0 Å². The highest BCUT2D eigenvalue weighted by molar-refractivity contribution is 6.30. The molecule has 1 aromatic carbocycles. The number of hydrogen-bond acceptors (Lipinski definition) is 2. The normalized spacial score (nSPS) is 16.8. The van der Waals surface area contributed by atoms with Crippen molar-refractivity contribution in [2.75, 3.05) is 20.1 Å². The number of halogens is 1. The van der Waals surface area contributed by atoms with Crippen molar-refractivity contribution in [3.8, 4) is 6.07 Å². The molecule has 2 rings (SSSR count). The fourth-order valence-electron chi connectivity index (χ4n) is 2.02. The van der Waals surface area contributed by atoms with E-state index < -0.39 is 0 Å². The minimum absolute atomic E-state index is 0.0330. The summed E-state index contributed by atoms with van der Waals surface area (Å²) in [5, 5.41) is 9.81. The van der Waals surface area contributed by atoms with Gasteiger partial charge in [-0.25, -0.2) is 0 Å². The SMILES string of the molecule is CN(CCc1ccc(Cl)cc1)CC1(C#N)CC1. The summed E-state index contributed by atoms with van der Waals surface area (Å²) in [6, 6.07) is 10.4. The Balaban J connectivity index is 1.78. The number of benzene rings is 1. The maximum Gasteiger partial charge on any atom is 0.0703 e. The van der Waals surface area contributed by atoms with Gasteiger partial charge in [0.1, 0.15) is 0 Å². The fraction of sp³-hybridized carbons (Fsp3) is 0.500. The quantitative estimate of drug-likeness (QED) is 0.801. The molecule has 0 aliphatic heterocycles. The molecule has 1 aliphatic rings. The van der Waals surface area contributed by atoms with E-state index in [-0.39, 0.29) is 5.41 Å². The van der Waals surface area contributed by atoms with Crippen molar-refractivity contribution in [2.24, 2.45) is 5.41 Å². The molecule has 1 saturated carbocycles. The first-order valence-electron chi connectivity index (χ1n) is 5.98. The molecule has 90 valence electrons. The van der Waals surface area contributed by atoms with Crippen LogP contribution in [0.25, 0.3) is 0 Å². The van der Waals surface area contributed by atoms with E-state index in [2.05, 4.69) is 30.1 Å². The molecule has 0 saturated heterocycles. The maximum absolute atomic E-state index is 9.03. The van der Waals surface area contributed by atoms with Crippen LogP contribution in [-0.2, 0) is 6.42 Å². The van der Waals surface area contributed by atoms with E-state index >= 15 is 0 Å². The first-order valence-corrected chi connectivity index (χ1v) is 6.36. The van der Waals surface area contributed by atoms with Crippen molar-refractivity contribution in [3.63, 3.8) is 0 Å². The Labute approximate surface area is 108 Å². The molecular weight excluding hydrogens is 232 g/mol. The summed E-state index contributed by atoms with van der Waals surface area (Å²) in [4.78, 5) is 2.25. The van der Waals surface area contributed by atoms with Crippen molar-refractivity contribution < 1.29 is 0 Å². The van der Waals surface area contributed by atoms with Gasteiger partial charge in [0.05, 0.1) is 11.5 Å². The first kappa shape index (κ1) is 12.4. The second kappa shape index (κ2) is 5.08. The van der Waals surface area contributed by atoms with Crippen molar-refractivity contribution in [1.29, 1.82) is 5.26 Å². The summed E-state index contributed by atoms with van der Waals surface area (Å²) >= 11 is 5.84. The molecule has 1 aromatic rings. The molecule has 0 unspecified atom stereocenters. The van der Waals surface area contributed by atoms with E-state index in [1.54, 1.807) is 0 Å². The third kappa shape index (κ3) is 3.46. The van der Waals surface area contributed by atoms with Crippen LogP contribution in [0, 0.1) is 16.7 Å². The second-order valence-corrected chi connectivity index (χ2v) is 5.44. The minimum Gasteiger partial charge on any atom is -0.304 e. The highest BCUT2D eigenvalue weighted by atomic mass is 35.5. The highest BCUT2D eigenvalue weighted by Gasteiger charge is 2.43. The van der Waals surface area contributed by atoms with Crippen molar-refractivity contribution in [1.82, 2.24) is 4.90 Å². The van der Waals surface area contributed by atoms with Gasteiger partial charge in [-0.2, -0.15) is 5.26 Å². The van der Waals surface area contributed by atoms with Crippen molar-refractivity contribution >= 4 is 11.6 Å². The molecule has 0 bridgehead atoms. The Kier molecular flexibility index (Phi) is 3.71. The summed E-state index contributed by atoms with van der Waals surface area (Å²) in [7, 11) is 2.09. The predicted molar refractivity (Wildman–Crippen MR) is 69.9 cm³/mol. The summed E-state index contributed by atoms with van der Waals surface area (Å²) in [5.41, 5.74) is 1.26. The smallest absolute Gasteiger partial charge is 0.0703 e. The molecule has 0 atom stereocenters. The van der Waals surface area contributed by atoms with Crippen LogP contribution in [0.4, 0.5) is 0 Å². The van der Waals surface area contributed by atoms with Crippen LogP contribution in [0.15, 0.2) is 24.3 Å². The van der Waals surface area contributed by atoms with Crippen LogP contribution < -0.4 is 0 Å². The van der Waals surface area contributed by atoms with E-state index in [9.17, 15) is 0 Å². The van der Waals surface area contributed by atoms with Gasteiger partial charge in [-0.1, -0.05) is 23.7 Å². The number of rotatable bonds is 5. The monoisotopic (exact) mass is 248 g/mol. The van der Waals surface area contributed by atoms with Crippen molar-refractivity contribution in [3.05, 3.63) is 34.9 Å². The molecule has 17 heavy (non-hydrogen) atoms. The predicted octanol–water partition coefficient (Wildman–Crippen LogP) is 3.12. The summed E-state index contributed by atoms with van der Waals surface area (Å²) in [5.74, 6) is 0. The topological polar surface area (TPSA) is 27.0 Å². The molecule has 0 amide bonds. The lowest BCUT2D eigenvalue weighted by molar-refractivity contribution is 0.297. The van der Waals surface area contributed by atoms with Gasteiger partial charge >= 0.3 is 0 Å². The van der Waals surface area contributed by atoms with Gasteiger partial charge in [0.25, 0.3) is 0 Å². The third-order valence-corrected chi connectivity index (χ3v) is 3.61. The number of nitrogens with zero attached hydrogens (tertiary/aromatic N) is 2. The van der Waals surface area contributed by atoms with Gasteiger partial charge in [-0.15, -0.1) is 0 Å². The Hall–Kier alpha value is -1.04. The van der Waals surface area contributed by atoms with E-state index in [1.165, 1.54) is 5.56 Å². The molecule has 0 aromatic heterocycles. The zero-order valence-corrected chi connectivity index (χ0v) is 10.9.